The van der Waals surface area contributed by atoms with E-state index in [9.17, 15) is 9.18 Å². The van der Waals surface area contributed by atoms with Crippen LogP contribution in [-0.4, -0.2) is 16.7 Å². The molecule has 0 aliphatic rings. The summed E-state index contributed by atoms with van der Waals surface area (Å²) in [6.07, 6.45) is 3.14. The molecule has 110 valence electrons. The lowest BCUT2D eigenvalue weighted by molar-refractivity contribution is -0.121. The van der Waals surface area contributed by atoms with Gasteiger partial charge in [0.25, 0.3) is 5.91 Å². The van der Waals surface area contributed by atoms with E-state index < -0.39 is 0 Å². The Balaban J connectivity index is 1.65. The van der Waals surface area contributed by atoms with Crippen LogP contribution >= 0.6 is 0 Å². The Labute approximate surface area is 126 Å². The molecule has 4 nitrogen and oxygen atoms in total. The van der Waals surface area contributed by atoms with Crippen LogP contribution in [0.25, 0.3) is 10.9 Å². The van der Waals surface area contributed by atoms with Gasteiger partial charge in [0.1, 0.15) is 12.4 Å². The second kappa shape index (κ2) is 6.22. The predicted octanol–water partition coefficient (Wildman–Crippen LogP) is 2.93. The average molecular weight is 295 g/mol. The lowest BCUT2D eigenvalue weighted by Gasteiger charge is -2.04. The van der Waals surface area contributed by atoms with Gasteiger partial charge in [-0.2, -0.15) is 5.10 Å². The van der Waals surface area contributed by atoms with E-state index in [4.69, 9.17) is 0 Å². The number of carbonyl (C=O) groups excluding carboxylic acids is 1. The summed E-state index contributed by atoms with van der Waals surface area (Å²) in [7, 11) is 0. The standard InChI is InChI=1S/C17H14FN3O/c18-15-7-3-1-6-14(15)11-19-20-17(22)12-21-10-9-13-5-2-4-8-16(13)21/h1-11H,12H2,(H,20,22). The largest absolute Gasteiger partial charge is 0.338 e. The van der Waals surface area contributed by atoms with Gasteiger partial charge < -0.3 is 4.57 Å². The molecule has 3 aromatic rings. The lowest BCUT2D eigenvalue weighted by atomic mass is 10.2. The molecule has 0 saturated carbocycles. The second-order valence-electron chi connectivity index (χ2n) is 4.82. The topological polar surface area (TPSA) is 46.4 Å². The molecule has 1 heterocycles. The number of carbonyl (C=O) groups is 1. The molecule has 5 heteroatoms. The van der Waals surface area contributed by atoms with Crippen LogP contribution in [0, 0.1) is 5.82 Å². The summed E-state index contributed by atoms with van der Waals surface area (Å²) in [4.78, 5) is 11.9. The van der Waals surface area contributed by atoms with E-state index in [-0.39, 0.29) is 18.3 Å². The summed E-state index contributed by atoms with van der Waals surface area (Å²) in [5.41, 5.74) is 3.71. The van der Waals surface area contributed by atoms with Crippen LogP contribution < -0.4 is 5.43 Å². The highest BCUT2D eigenvalue weighted by molar-refractivity contribution is 5.84. The third kappa shape index (κ3) is 3.03. The van der Waals surface area contributed by atoms with Crippen LogP contribution in [0.3, 0.4) is 0 Å². The van der Waals surface area contributed by atoms with Gasteiger partial charge in [0, 0.05) is 17.3 Å². The van der Waals surface area contributed by atoms with Crippen molar-refractivity contribution < 1.29 is 9.18 Å². The Kier molecular flexibility index (Phi) is 3.96. The lowest BCUT2D eigenvalue weighted by Crippen LogP contribution is -2.22. The third-order valence-corrected chi connectivity index (χ3v) is 3.29. The molecule has 1 N–H and O–H groups in total. The fourth-order valence-electron chi connectivity index (χ4n) is 2.22. The van der Waals surface area contributed by atoms with Crippen molar-refractivity contribution in [2.75, 3.05) is 0 Å². The van der Waals surface area contributed by atoms with Crippen molar-refractivity contribution in [2.24, 2.45) is 5.10 Å². The first kappa shape index (κ1) is 14.0. The van der Waals surface area contributed by atoms with Crippen LogP contribution in [0.4, 0.5) is 4.39 Å². The van der Waals surface area contributed by atoms with Crippen molar-refractivity contribution in [3.05, 3.63) is 72.2 Å². The minimum atomic E-state index is -0.378. The van der Waals surface area contributed by atoms with E-state index >= 15 is 0 Å². The Morgan fingerprint density at radius 3 is 2.77 bits per heavy atom. The van der Waals surface area contributed by atoms with Gasteiger partial charge in [-0.05, 0) is 23.6 Å². The molecule has 1 aromatic heterocycles. The number of amides is 1. The van der Waals surface area contributed by atoms with E-state index in [0.717, 1.165) is 10.9 Å². The molecule has 0 aliphatic carbocycles. The van der Waals surface area contributed by atoms with E-state index in [0.29, 0.717) is 5.56 Å². The van der Waals surface area contributed by atoms with Crippen LogP contribution in [0.2, 0.25) is 0 Å². The van der Waals surface area contributed by atoms with E-state index in [1.165, 1.54) is 12.3 Å². The smallest absolute Gasteiger partial charge is 0.259 e. The third-order valence-electron chi connectivity index (χ3n) is 3.29. The van der Waals surface area contributed by atoms with Crippen molar-refractivity contribution in [1.82, 2.24) is 9.99 Å². The van der Waals surface area contributed by atoms with Gasteiger partial charge in [0.2, 0.25) is 0 Å². The Bertz CT molecular complexity index is 839. The van der Waals surface area contributed by atoms with Gasteiger partial charge in [-0.15, -0.1) is 0 Å². The predicted molar refractivity (Wildman–Crippen MR) is 84.1 cm³/mol. The summed E-state index contributed by atoms with van der Waals surface area (Å²) in [6.45, 7) is 0.155. The molecule has 3 rings (SSSR count). The highest BCUT2D eigenvalue weighted by Gasteiger charge is 2.05. The summed E-state index contributed by atoms with van der Waals surface area (Å²) >= 11 is 0. The zero-order chi connectivity index (χ0) is 15.4. The van der Waals surface area contributed by atoms with E-state index in [1.54, 1.807) is 18.2 Å². The number of hydrogen-bond donors (Lipinski definition) is 1. The molecule has 0 radical (unpaired) electrons. The number of fused-ring (bicyclic) bond motifs is 1. The molecule has 1 amide bonds. The number of benzene rings is 2. The van der Waals surface area contributed by atoms with Gasteiger partial charge in [-0.25, -0.2) is 9.82 Å². The Hall–Kier alpha value is -2.95. The van der Waals surface area contributed by atoms with Crippen molar-refractivity contribution in [1.29, 1.82) is 0 Å². The first-order chi connectivity index (χ1) is 10.7. The summed E-state index contributed by atoms with van der Waals surface area (Å²) < 4.78 is 15.2. The van der Waals surface area contributed by atoms with Gasteiger partial charge in [0.05, 0.1) is 6.21 Å². The summed E-state index contributed by atoms with van der Waals surface area (Å²) in [5.74, 6) is -0.647. The van der Waals surface area contributed by atoms with Crippen LogP contribution in [-0.2, 0) is 11.3 Å². The molecule has 0 saturated heterocycles. The number of halogens is 1. The number of hydrazone groups is 1. The molecule has 0 atom stereocenters. The van der Waals surface area contributed by atoms with Crippen molar-refractivity contribution in [3.63, 3.8) is 0 Å². The molecule has 0 unspecified atom stereocenters. The minimum Gasteiger partial charge on any atom is -0.338 e. The number of hydrogen-bond acceptors (Lipinski definition) is 2. The number of nitrogens with one attached hydrogen (secondary N) is 1. The highest BCUT2D eigenvalue weighted by Crippen LogP contribution is 2.14. The van der Waals surface area contributed by atoms with Crippen LogP contribution in [0.1, 0.15) is 5.56 Å². The van der Waals surface area contributed by atoms with Crippen LogP contribution in [0.15, 0.2) is 65.9 Å². The van der Waals surface area contributed by atoms with Crippen molar-refractivity contribution in [3.8, 4) is 0 Å². The van der Waals surface area contributed by atoms with Gasteiger partial charge in [-0.1, -0.05) is 36.4 Å². The second-order valence-corrected chi connectivity index (χ2v) is 4.82. The number of rotatable bonds is 4. The fourth-order valence-corrected chi connectivity index (χ4v) is 2.22. The maximum Gasteiger partial charge on any atom is 0.259 e. The molecule has 0 spiro atoms. The van der Waals surface area contributed by atoms with E-state index in [2.05, 4.69) is 10.5 Å². The van der Waals surface area contributed by atoms with Crippen molar-refractivity contribution >= 4 is 23.0 Å². The van der Waals surface area contributed by atoms with Crippen molar-refractivity contribution in [2.45, 2.75) is 6.54 Å². The fraction of sp³-hybridized carbons (Fsp3) is 0.0588. The summed E-state index contributed by atoms with van der Waals surface area (Å²) in [5, 5.41) is 4.86. The molecule has 0 fully saturated rings. The molecular weight excluding hydrogens is 281 g/mol. The molecule has 22 heavy (non-hydrogen) atoms. The minimum absolute atomic E-state index is 0.155. The molecule has 0 bridgehead atoms. The quantitative estimate of drug-likeness (QED) is 0.584. The average Bonchev–Trinajstić information content (AvgIpc) is 2.92. The number of nitrogens with zero attached hydrogens (tertiary/aromatic N) is 2. The maximum absolute atomic E-state index is 13.4. The van der Waals surface area contributed by atoms with Gasteiger partial charge >= 0.3 is 0 Å². The SMILES string of the molecule is O=C(Cn1ccc2ccccc21)NN=Cc1ccccc1F. The first-order valence-electron chi connectivity index (χ1n) is 6.84. The zero-order valence-corrected chi connectivity index (χ0v) is 11.7. The monoisotopic (exact) mass is 295 g/mol. The number of aromatic nitrogens is 1. The molecule has 2 aromatic carbocycles. The normalized spacial score (nSPS) is 11.1. The van der Waals surface area contributed by atoms with Gasteiger partial charge in [-0.3, -0.25) is 4.79 Å². The van der Waals surface area contributed by atoms with Gasteiger partial charge in [0.15, 0.2) is 0 Å². The Morgan fingerprint density at radius 1 is 1.14 bits per heavy atom. The first-order valence-corrected chi connectivity index (χ1v) is 6.84. The summed E-state index contributed by atoms with van der Waals surface area (Å²) in [6, 6.07) is 16.0. The zero-order valence-electron chi connectivity index (χ0n) is 11.7. The maximum atomic E-state index is 13.4. The highest BCUT2D eigenvalue weighted by atomic mass is 19.1. The number of para-hydroxylation sites is 1. The van der Waals surface area contributed by atoms with E-state index in [1.807, 2.05) is 41.1 Å². The molecular formula is C17H14FN3O. The molecule has 0 aliphatic heterocycles. The van der Waals surface area contributed by atoms with Crippen LogP contribution in [0.5, 0.6) is 0 Å². The Morgan fingerprint density at radius 2 is 1.91 bits per heavy atom.